The van der Waals surface area contributed by atoms with Crippen LogP contribution in [0.1, 0.15) is 27.0 Å². The van der Waals surface area contributed by atoms with Crippen molar-refractivity contribution in [2.75, 3.05) is 6.26 Å². The highest BCUT2D eigenvalue weighted by Gasteiger charge is 2.13. The largest absolute Gasteiger partial charge is 0.289 e. The van der Waals surface area contributed by atoms with Crippen molar-refractivity contribution >= 4 is 15.6 Å². The molecule has 2 rings (SSSR count). The third kappa shape index (κ3) is 2.96. The molecule has 0 spiro atoms. The third-order valence-corrected chi connectivity index (χ3v) is 4.30. The Morgan fingerprint density at radius 3 is 2.05 bits per heavy atom. The van der Waals surface area contributed by atoms with E-state index in [0.717, 1.165) is 17.4 Å². The van der Waals surface area contributed by atoms with Crippen molar-refractivity contribution in [1.82, 2.24) is 0 Å². The summed E-state index contributed by atoms with van der Waals surface area (Å²) in [5, 5.41) is 0. The van der Waals surface area contributed by atoms with Gasteiger partial charge in [-0.15, -0.1) is 0 Å². The number of aryl methyl sites for hydroxylation is 2. The topological polar surface area (TPSA) is 51.2 Å². The number of carbonyl (C=O) groups excluding carboxylic acids is 1. The Balaban J connectivity index is 2.39. The minimum atomic E-state index is -3.24. The Bertz CT molecular complexity index is 757. The lowest BCUT2D eigenvalue weighted by molar-refractivity contribution is 0.103. The summed E-state index contributed by atoms with van der Waals surface area (Å²) >= 11 is 0. The zero-order valence-corrected chi connectivity index (χ0v) is 12.5. The molecule has 104 valence electrons. The first-order valence-corrected chi connectivity index (χ1v) is 8.10. The summed E-state index contributed by atoms with van der Waals surface area (Å²) in [6, 6.07) is 11.7. The molecule has 0 saturated carbocycles. The number of rotatable bonds is 3. The van der Waals surface area contributed by atoms with Crippen molar-refractivity contribution < 1.29 is 13.2 Å². The van der Waals surface area contributed by atoms with Gasteiger partial charge in [-0.05, 0) is 43.7 Å². The molecule has 0 radical (unpaired) electrons. The van der Waals surface area contributed by atoms with Crippen LogP contribution < -0.4 is 0 Å². The predicted molar refractivity (Wildman–Crippen MR) is 78.9 cm³/mol. The van der Waals surface area contributed by atoms with Gasteiger partial charge < -0.3 is 0 Å². The maximum atomic E-state index is 12.4. The van der Waals surface area contributed by atoms with E-state index in [1.807, 2.05) is 26.0 Å². The summed E-state index contributed by atoms with van der Waals surface area (Å²) in [6.45, 7) is 3.87. The van der Waals surface area contributed by atoms with E-state index in [-0.39, 0.29) is 10.7 Å². The summed E-state index contributed by atoms with van der Waals surface area (Å²) in [7, 11) is -3.24. The van der Waals surface area contributed by atoms with Gasteiger partial charge in [-0.3, -0.25) is 4.79 Å². The Morgan fingerprint density at radius 2 is 1.55 bits per heavy atom. The van der Waals surface area contributed by atoms with E-state index in [1.165, 1.54) is 12.1 Å². The van der Waals surface area contributed by atoms with Crippen LogP contribution in [0.15, 0.2) is 47.4 Å². The number of carbonyl (C=O) groups is 1. The first kappa shape index (κ1) is 14.5. The van der Waals surface area contributed by atoms with Gasteiger partial charge in [0.05, 0.1) is 4.90 Å². The van der Waals surface area contributed by atoms with Crippen LogP contribution in [0.25, 0.3) is 0 Å². The SMILES string of the molecule is Cc1ccc(C(=O)c2ccc(S(C)(=O)=O)cc2)c(C)c1. The van der Waals surface area contributed by atoms with E-state index < -0.39 is 9.84 Å². The summed E-state index contributed by atoms with van der Waals surface area (Å²) in [6.07, 6.45) is 1.15. The van der Waals surface area contributed by atoms with Crippen molar-refractivity contribution in [3.63, 3.8) is 0 Å². The van der Waals surface area contributed by atoms with Crippen molar-refractivity contribution in [3.05, 3.63) is 64.7 Å². The van der Waals surface area contributed by atoms with Crippen LogP contribution in [0, 0.1) is 13.8 Å². The summed E-state index contributed by atoms with van der Waals surface area (Å²) in [4.78, 5) is 12.6. The van der Waals surface area contributed by atoms with Gasteiger partial charge in [0.25, 0.3) is 0 Å². The fourth-order valence-electron chi connectivity index (χ4n) is 2.08. The maximum Gasteiger partial charge on any atom is 0.193 e. The molecule has 0 saturated heterocycles. The standard InChI is InChI=1S/C16H16O3S/c1-11-4-9-15(12(2)10-11)16(17)13-5-7-14(8-6-13)20(3,18)19/h4-10H,1-3H3. The molecule has 20 heavy (non-hydrogen) atoms. The van der Waals surface area contributed by atoms with Crippen LogP contribution in [0.5, 0.6) is 0 Å². The molecule has 0 heterocycles. The van der Waals surface area contributed by atoms with Gasteiger partial charge in [0.1, 0.15) is 0 Å². The first-order chi connectivity index (χ1) is 9.29. The van der Waals surface area contributed by atoms with E-state index in [9.17, 15) is 13.2 Å². The van der Waals surface area contributed by atoms with E-state index in [0.29, 0.717) is 11.1 Å². The van der Waals surface area contributed by atoms with Crippen LogP contribution in [0.4, 0.5) is 0 Å². The van der Waals surface area contributed by atoms with Crippen molar-refractivity contribution in [2.45, 2.75) is 18.7 Å². The fourth-order valence-corrected chi connectivity index (χ4v) is 2.71. The highest BCUT2D eigenvalue weighted by molar-refractivity contribution is 7.90. The molecule has 0 aromatic heterocycles. The van der Waals surface area contributed by atoms with Gasteiger partial charge in [0.2, 0.25) is 0 Å². The van der Waals surface area contributed by atoms with E-state index >= 15 is 0 Å². The maximum absolute atomic E-state index is 12.4. The minimum absolute atomic E-state index is 0.0949. The second-order valence-electron chi connectivity index (χ2n) is 4.94. The van der Waals surface area contributed by atoms with Crippen LogP contribution in [-0.4, -0.2) is 20.5 Å². The van der Waals surface area contributed by atoms with Crippen LogP contribution in [0.2, 0.25) is 0 Å². The average molecular weight is 288 g/mol. The predicted octanol–water partition coefficient (Wildman–Crippen LogP) is 2.94. The second kappa shape index (κ2) is 5.21. The molecule has 0 unspecified atom stereocenters. The lowest BCUT2D eigenvalue weighted by Crippen LogP contribution is -2.05. The molecule has 0 atom stereocenters. The lowest BCUT2D eigenvalue weighted by atomic mass is 9.98. The molecule has 0 aliphatic heterocycles. The summed E-state index contributed by atoms with van der Waals surface area (Å²) < 4.78 is 22.8. The van der Waals surface area contributed by atoms with E-state index in [2.05, 4.69) is 0 Å². The molecular formula is C16H16O3S. The van der Waals surface area contributed by atoms with E-state index in [1.54, 1.807) is 18.2 Å². The Hall–Kier alpha value is -1.94. The molecule has 2 aromatic carbocycles. The normalized spacial score (nSPS) is 11.3. The number of benzene rings is 2. The first-order valence-electron chi connectivity index (χ1n) is 6.21. The van der Waals surface area contributed by atoms with Crippen LogP contribution >= 0.6 is 0 Å². The zero-order chi connectivity index (χ0) is 14.9. The molecule has 0 aliphatic rings. The molecule has 0 fully saturated rings. The molecule has 3 nitrogen and oxygen atoms in total. The summed E-state index contributed by atoms with van der Waals surface area (Å²) in [5.41, 5.74) is 3.15. The van der Waals surface area contributed by atoms with E-state index in [4.69, 9.17) is 0 Å². The number of sulfone groups is 1. The van der Waals surface area contributed by atoms with Gasteiger partial charge in [-0.1, -0.05) is 23.8 Å². The van der Waals surface area contributed by atoms with Crippen molar-refractivity contribution in [1.29, 1.82) is 0 Å². The molecular weight excluding hydrogens is 272 g/mol. The molecule has 0 bridgehead atoms. The van der Waals surface area contributed by atoms with Gasteiger partial charge in [-0.2, -0.15) is 0 Å². The Kier molecular flexibility index (Phi) is 3.77. The molecule has 4 heteroatoms. The molecule has 0 N–H and O–H groups in total. The third-order valence-electron chi connectivity index (χ3n) is 3.17. The number of ketones is 1. The monoisotopic (exact) mass is 288 g/mol. The smallest absolute Gasteiger partial charge is 0.193 e. The highest BCUT2D eigenvalue weighted by atomic mass is 32.2. The summed E-state index contributed by atoms with van der Waals surface area (Å²) in [5.74, 6) is -0.0949. The fraction of sp³-hybridized carbons (Fsp3) is 0.188. The molecule has 0 amide bonds. The van der Waals surface area contributed by atoms with Gasteiger partial charge in [0.15, 0.2) is 15.6 Å². The average Bonchev–Trinajstić information content (AvgIpc) is 2.37. The van der Waals surface area contributed by atoms with Crippen LogP contribution in [0.3, 0.4) is 0 Å². The highest BCUT2D eigenvalue weighted by Crippen LogP contribution is 2.17. The van der Waals surface area contributed by atoms with Gasteiger partial charge in [0, 0.05) is 17.4 Å². The molecule has 2 aromatic rings. The second-order valence-corrected chi connectivity index (χ2v) is 6.96. The number of hydrogen-bond donors (Lipinski definition) is 0. The Morgan fingerprint density at radius 1 is 0.950 bits per heavy atom. The Labute approximate surface area is 119 Å². The lowest BCUT2D eigenvalue weighted by Gasteiger charge is -2.07. The van der Waals surface area contributed by atoms with Crippen molar-refractivity contribution in [2.24, 2.45) is 0 Å². The number of hydrogen-bond acceptors (Lipinski definition) is 3. The minimum Gasteiger partial charge on any atom is -0.289 e. The van der Waals surface area contributed by atoms with Crippen LogP contribution in [-0.2, 0) is 9.84 Å². The quantitative estimate of drug-likeness (QED) is 0.816. The van der Waals surface area contributed by atoms with Gasteiger partial charge in [-0.25, -0.2) is 8.42 Å². The van der Waals surface area contributed by atoms with Gasteiger partial charge >= 0.3 is 0 Å². The molecule has 0 aliphatic carbocycles. The van der Waals surface area contributed by atoms with Crippen molar-refractivity contribution in [3.8, 4) is 0 Å². The zero-order valence-electron chi connectivity index (χ0n) is 11.7.